The summed E-state index contributed by atoms with van der Waals surface area (Å²) in [5.74, 6) is 0.0981. The lowest BCUT2D eigenvalue weighted by molar-refractivity contribution is 0.341. The molecule has 0 aliphatic carbocycles. The van der Waals surface area contributed by atoms with Crippen molar-refractivity contribution in [3.8, 4) is 5.88 Å². The number of ether oxygens (including phenoxy) is 1. The molecular weight excluding hydrogens is 207 g/mol. The smallest absolute Gasteiger partial charge is 0.218 e. The maximum atomic E-state index is 13.0. The highest BCUT2D eigenvalue weighted by Gasteiger charge is 2.07. The summed E-state index contributed by atoms with van der Waals surface area (Å²) in [6.45, 7) is 8.51. The third-order valence-electron chi connectivity index (χ3n) is 1.93. The number of aromatic nitrogens is 1. The van der Waals surface area contributed by atoms with Gasteiger partial charge in [-0.1, -0.05) is 26.5 Å². The Kier molecular flexibility index (Phi) is 4.92. The Hall–Kier alpha value is -1.42. The van der Waals surface area contributed by atoms with Crippen molar-refractivity contribution < 1.29 is 9.13 Å². The van der Waals surface area contributed by atoms with Gasteiger partial charge in [-0.05, 0) is 6.07 Å². The van der Waals surface area contributed by atoms with Gasteiger partial charge in [0.25, 0.3) is 0 Å². The van der Waals surface area contributed by atoms with Gasteiger partial charge in [0.05, 0.1) is 6.20 Å². The van der Waals surface area contributed by atoms with Gasteiger partial charge in [0.1, 0.15) is 12.4 Å². The molecule has 0 atom stereocenters. The highest BCUT2D eigenvalue weighted by atomic mass is 19.1. The van der Waals surface area contributed by atoms with Gasteiger partial charge in [0, 0.05) is 18.2 Å². The summed E-state index contributed by atoms with van der Waals surface area (Å²) in [6, 6.07) is 1.76. The molecule has 0 unspecified atom stereocenters. The molecule has 0 radical (unpaired) electrons. The van der Waals surface area contributed by atoms with Crippen LogP contribution in [0, 0.1) is 5.82 Å². The zero-order chi connectivity index (χ0) is 12.0. The van der Waals surface area contributed by atoms with Crippen LogP contribution in [0.1, 0.15) is 19.4 Å². The molecule has 1 aromatic heterocycles. The lowest BCUT2D eigenvalue weighted by Gasteiger charge is -2.11. The van der Waals surface area contributed by atoms with Gasteiger partial charge in [0.2, 0.25) is 5.88 Å². The van der Waals surface area contributed by atoms with Gasteiger partial charge in [-0.2, -0.15) is 0 Å². The highest BCUT2D eigenvalue weighted by Crippen LogP contribution is 2.16. The minimum Gasteiger partial charge on any atom is -0.473 e. The first-order chi connectivity index (χ1) is 7.63. The van der Waals surface area contributed by atoms with Crippen LogP contribution in [0.15, 0.2) is 24.9 Å². The highest BCUT2D eigenvalue weighted by molar-refractivity contribution is 5.26. The number of halogens is 1. The van der Waals surface area contributed by atoms with Crippen LogP contribution in [0.5, 0.6) is 5.88 Å². The van der Waals surface area contributed by atoms with E-state index in [-0.39, 0.29) is 5.82 Å². The molecule has 0 aliphatic heterocycles. The lowest BCUT2D eigenvalue weighted by atomic mass is 10.2. The minimum absolute atomic E-state index is 0.329. The van der Waals surface area contributed by atoms with E-state index in [2.05, 4.69) is 16.9 Å². The van der Waals surface area contributed by atoms with Crippen LogP contribution in [0.4, 0.5) is 4.39 Å². The molecule has 1 aromatic rings. The molecule has 0 aromatic carbocycles. The molecule has 0 saturated heterocycles. The summed E-state index contributed by atoms with van der Waals surface area (Å²) < 4.78 is 18.4. The van der Waals surface area contributed by atoms with E-state index in [1.165, 1.54) is 6.07 Å². The van der Waals surface area contributed by atoms with Crippen molar-refractivity contribution in [2.24, 2.45) is 0 Å². The maximum Gasteiger partial charge on any atom is 0.218 e. The summed E-state index contributed by atoms with van der Waals surface area (Å²) in [4.78, 5) is 3.91. The topological polar surface area (TPSA) is 34.1 Å². The molecule has 0 aliphatic rings. The number of hydrogen-bond donors (Lipinski definition) is 1. The van der Waals surface area contributed by atoms with Crippen LogP contribution in [0.25, 0.3) is 0 Å². The monoisotopic (exact) mass is 224 g/mol. The van der Waals surface area contributed by atoms with Gasteiger partial charge >= 0.3 is 0 Å². The molecule has 0 amide bonds. The van der Waals surface area contributed by atoms with Crippen LogP contribution in [-0.4, -0.2) is 17.6 Å². The molecule has 4 heteroatoms. The summed E-state index contributed by atoms with van der Waals surface area (Å²) in [5, 5.41) is 3.19. The summed E-state index contributed by atoms with van der Waals surface area (Å²) >= 11 is 0. The molecule has 88 valence electrons. The zero-order valence-electron chi connectivity index (χ0n) is 9.66. The number of nitrogens with zero attached hydrogens (tertiary/aromatic N) is 1. The fourth-order valence-electron chi connectivity index (χ4n) is 1.18. The molecular formula is C12H17FN2O. The molecule has 0 fully saturated rings. The second-order valence-corrected chi connectivity index (χ2v) is 3.75. The number of hydrogen-bond acceptors (Lipinski definition) is 3. The summed E-state index contributed by atoms with van der Waals surface area (Å²) in [6.07, 6.45) is 2.78. The Balaban J connectivity index is 2.76. The second-order valence-electron chi connectivity index (χ2n) is 3.75. The van der Waals surface area contributed by atoms with Crippen molar-refractivity contribution in [1.29, 1.82) is 0 Å². The van der Waals surface area contributed by atoms with E-state index in [0.717, 1.165) is 11.8 Å². The third kappa shape index (κ3) is 3.98. The van der Waals surface area contributed by atoms with Gasteiger partial charge in [-0.25, -0.2) is 9.37 Å². The van der Waals surface area contributed by atoms with Crippen molar-refractivity contribution in [3.05, 3.63) is 36.3 Å². The van der Waals surface area contributed by atoms with E-state index in [9.17, 15) is 4.39 Å². The average Bonchev–Trinajstić information content (AvgIpc) is 2.25. The average molecular weight is 224 g/mol. The van der Waals surface area contributed by atoms with Crippen LogP contribution >= 0.6 is 0 Å². The van der Waals surface area contributed by atoms with Gasteiger partial charge < -0.3 is 10.1 Å². The van der Waals surface area contributed by atoms with Crippen LogP contribution in [-0.2, 0) is 6.54 Å². The minimum atomic E-state index is -0.355. The number of rotatable bonds is 6. The van der Waals surface area contributed by atoms with Crippen molar-refractivity contribution in [2.75, 3.05) is 6.61 Å². The molecule has 16 heavy (non-hydrogen) atoms. The van der Waals surface area contributed by atoms with E-state index in [0.29, 0.717) is 25.1 Å². The van der Waals surface area contributed by atoms with E-state index in [1.54, 1.807) is 6.08 Å². The molecule has 1 heterocycles. The standard InChI is InChI=1S/C12H17FN2O/c1-4-5-16-12-10(7-14-9(2)3)6-11(13)8-15-12/h4,6,8-9,14H,1,5,7H2,2-3H3. The molecule has 1 N–H and O–H groups in total. The van der Waals surface area contributed by atoms with E-state index in [1.807, 2.05) is 13.8 Å². The van der Waals surface area contributed by atoms with Crippen LogP contribution in [0.2, 0.25) is 0 Å². The summed E-state index contributed by atoms with van der Waals surface area (Å²) in [7, 11) is 0. The molecule has 3 nitrogen and oxygen atoms in total. The Morgan fingerprint density at radius 3 is 3.00 bits per heavy atom. The van der Waals surface area contributed by atoms with Gasteiger partial charge in [0.15, 0.2) is 0 Å². The van der Waals surface area contributed by atoms with Crippen LogP contribution in [0.3, 0.4) is 0 Å². The third-order valence-corrected chi connectivity index (χ3v) is 1.93. The molecule has 0 spiro atoms. The van der Waals surface area contributed by atoms with Gasteiger partial charge in [-0.3, -0.25) is 0 Å². The number of pyridine rings is 1. The predicted molar refractivity (Wildman–Crippen MR) is 61.9 cm³/mol. The van der Waals surface area contributed by atoms with Crippen molar-refractivity contribution >= 4 is 0 Å². The normalized spacial score (nSPS) is 10.5. The number of nitrogens with one attached hydrogen (secondary N) is 1. The molecule has 1 rings (SSSR count). The largest absolute Gasteiger partial charge is 0.473 e. The van der Waals surface area contributed by atoms with E-state index in [4.69, 9.17) is 4.74 Å². The predicted octanol–water partition coefficient (Wildman–Crippen LogP) is 2.28. The Morgan fingerprint density at radius 2 is 2.38 bits per heavy atom. The first-order valence-corrected chi connectivity index (χ1v) is 5.25. The van der Waals surface area contributed by atoms with E-state index >= 15 is 0 Å². The Labute approximate surface area is 95.3 Å². The first kappa shape index (κ1) is 12.6. The SMILES string of the molecule is C=CCOc1ncc(F)cc1CNC(C)C. The Morgan fingerprint density at radius 1 is 1.62 bits per heavy atom. The molecule has 0 saturated carbocycles. The maximum absolute atomic E-state index is 13.0. The van der Waals surface area contributed by atoms with Crippen molar-refractivity contribution in [1.82, 2.24) is 10.3 Å². The van der Waals surface area contributed by atoms with E-state index < -0.39 is 0 Å². The molecule has 0 bridgehead atoms. The van der Waals surface area contributed by atoms with Crippen molar-refractivity contribution in [3.63, 3.8) is 0 Å². The first-order valence-electron chi connectivity index (χ1n) is 5.25. The van der Waals surface area contributed by atoms with Gasteiger partial charge in [-0.15, -0.1) is 0 Å². The van der Waals surface area contributed by atoms with Crippen LogP contribution < -0.4 is 10.1 Å². The Bertz CT molecular complexity index is 353. The summed E-state index contributed by atoms with van der Waals surface area (Å²) in [5.41, 5.74) is 0.718. The second kappa shape index (κ2) is 6.23. The van der Waals surface area contributed by atoms with Crippen molar-refractivity contribution in [2.45, 2.75) is 26.4 Å². The zero-order valence-corrected chi connectivity index (χ0v) is 9.66. The fraction of sp³-hybridized carbons (Fsp3) is 0.417. The quantitative estimate of drug-likeness (QED) is 0.753. The lowest BCUT2D eigenvalue weighted by Crippen LogP contribution is -2.22. The fourth-order valence-corrected chi connectivity index (χ4v) is 1.18.